The summed E-state index contributed by atoms with van der Waals surface area (Å²) >= 11 is 0. The Labute approximate surface area is 124 Å². The number of nitro groups is 1. The third kappa shape index (κ3) is 3.58. The number of aliphatic hydroxyl groups is 1. The molecule has 0 aliphatic carbocycles. The highest BCUT2D eigenvalue weighted by molar-refractivity contribution is 7.89. The molecule has 0 unspecified atom stereocenters. The van der Waals surface area contributed by atoms with Gasteiger partial charge in [-0.1, -0.05) is 32.4 Å². The minimum absolute atomic E-state index is 0.0717. The molecule has 1 aromatic rings. The zero-order chi connectivity index (χ0) is 16.2. The van der Waals surface area contributed by atoms with Gasteiger partial charge in [0, 0.05) is 13.1 Å². The standard InChI is InChI=1S/C13H20N2O5S/c1-4-10(2)12(9-16)14(3)21(19,20)13-8-6-5-7-11(13)15(17)18/h5-8,10,12,16H,4,9H2,1-3H3/t10-,12+/m0/s1. The number of rotatable bonds is 7. The van der Waals surface area contributed by atoms with Gasteiger partial charge in [0.05, 0.1) is 17.6 Å². The summed E-state index contributed by atoms with van der Waals surface area (Å²) in [5.41, 5.74) is -0.467. The fourth-order valence-electron chi connectivity index (χ4n) is 2.08. The zero-order valence-corrected chi connectivity index (χ0v) is 13.1. The summed E-state index contributed by atoms with van der Waals surface area (Å²) in [5, 5.41) is 20.4. The van der Waals surface area contributed by atoms with Crippen molar-refractivity contribution in [2.75, 3.05) is 13.7 Å². The van der Waals surface area contributed by atoms with E-state index in [1.807, 2.05) is 13.8 Å². The van der Waals surface area contributed by atoms with E-state index in [4.69, 9.17) is 0 Å². The first kappa shape index (κ1) is 17.5. The van der Waals surface area contributed by atoms with Crippen LogP contribution in [0.1, 0.15) is 20.3 Å². The summed E-state index contributed by atoms with van der Waals surface area (Å²) < 4.78 is 26.2. The third-order valence-electron chi connectivity index (χ3n) is 3.67. The molecule has 0 aromatic heterocycles. The molecular weight excluding hydrogens is 296 g/mol. The van der Waals surface area contributed by atoms with E-state index in [2.05, 4.69) is 0 Å². The topological polar surface area (TPSA) is 101 Å². The normalized spacial score (nSPS) is 14.9. The smallest absolute Gasteiger partial charge is 0.289 e. The van der Waals surface area contributed by atoms with Crippen molar-refractivity contribution < 1.29 is 18.4 Å². The van der Waals surface area contributed by atoms with E-state index < -0.39 is 26.7 Å². The first-order chi connectivity index (χ1) is 9.77. The maximum atomic E-state index is 12.6. The quantitative estimate of drug-likeness (QED) is 0.608. The van der Waals surface area contributed by atoms with E-state index in [9.17, 15) is 23.6 Å². The van der Waals surface area contributed by atoms with Crippen LogP contribution in [0.15, 0.2) is 29.2 Å². The third-order valence-corrected chi connectivity index (χ3v) is 5.60. The molecule has 0 radical (unpaired) electrons. The SMILES string of the molecule is CC[C@H](C)[C@@H](CO)N(C)S(=O)(=O)c1ccccc1[N+](=O)[O-]. The van der Waals surface area contributed by atoms with Crippen LogP contribution in [0.3, 0.4) is 0 Å². The molecule has 1 N–H and O–H groups in total. The highest BCUT2D eigenvalue weighted by atomic mass is 32.2. The molecule has 8 heteroatoms. The van der Waals surface area contributed by atoms with Gasteiger partial charge in [-0.2, -0.15) is 4.31 Å². The van der Waals surface area contributed by atoms with Crippen molar-refractivity contribution in [2.24, 2.45) is 5.92 Å². The van der Waals surface area contributed by atoms with Crippen LogP contribution < -0.4 is 0 Å². The minimum Gasteiger partial charge on any atom is -0.395 e. The minimum atomic E-state index is -4.05. The average molecular weight is 316 g/mol. The van der Waals surface area contributed by atoms with Gasteiger partial charge < -0.3 is 5.11 Å². The number of hydrogen-bond acceptors (Lipinski definition) is 5. The van der Waals surface area contributed by atoms with Crippen LogP contribution >= 0.6 is 0 Å². The highest BCUT2D eigenvalue weighted by Crippen LogP contribution is 2.28. The van der Waals surface area contributed by atoms with Gasteiger partial charge in [-0.05, 0) is 12.0 Å². The van der Waals surface area contributed by atoms with Gasteiger partial charge in [0.15, 0.2) is 4.90 Å². The lowest BCUT2D eigenvalue weighted by Crippen LogP contribution is -2.43. The maximum absolute atomic E-state index is 12.6. The average Bonchev–Trinajstić information content (AvgIpc) is 2.47. The van der Waals surface area contributed by atoms with Crippen LogP contribution in [-0.2, 0) is 10.0 Å². The second-order valence-corrected chi connectivity index (χ2v) is 6.85. The summed E-state index contributed by atoms with van der Waals surface area (Å²) in [4.78, 5) is 9.91. The lowest BCUT2D eigenvalue weighted by Gasteiger charge is -2.30. The number of likely N-dealkylation sites (N-methyl/N-ethyl adjacent to an activating group) is 1. The molecule has 0 aliphatic rings. The molecule has 0 saturated heterocycles. The molecule has 0 aliphatic heterocycles. The number of hydrogen-bond donors (Lipinski definition) is 1. The van der Waals surface area contributed by atoms with Crippen molar-refractivity contribution in [3.05, 3.63) is 34.4 Å². The molecule has 21 heavy (non-hydrogen) atoms. The highest BCUT2D eigenvalue weighted by Gasteiger charge is 2.34. The molecule has 2 atom stereocenters. The van der Waals surface area contributed by atoms with Gasteiger partial charge >= 0.3 is 0 Å². The first-order valence-electron chi connectivity index (χ1n) is 6.59. The van der Waals surface area contributed by atoms with Gasteiger partial charge in [-0.25, -0.2) is 8.42 Å². The molecule has 0 fully saturated rings. The Morgan fingerprint density at radius 1 is 1.38 bits per heavy atom. The predicted octanol–water partition coefficient (Wildman–Crippen LogP) is 1.62. The molecule has 1 rings (SSSR count). The molecular formula is C13H20N2O5S. The number of nitro benzene ring substituents is 1. The van der Waals surface area contributed by atoms with Gasteiger partial charge in [0.1, 0.15) is 0 Å². The van der Waals surface area contributed by atoms with Gasteiger partial charge in [-0.15, -0.1) is 0 Å². The summed E-state index contributed by atoms with van der Waals surface area (Å²) in [7, 11) is -2.72. The molecule has 0 amide bonds. The van der Waals surface area contributed by atoms with Gasteiger partial charge in [-0.3, -0.25) is 10.1 Å². The zero-order valence-electron chi connectivity index (χ0n) is 12.3. The van der Waals surface area contributed by atoms with Crippen LogP contribution in [0.25, 0.3) is 0 Å². The van der Waals surface area contributed by atoms with Gasteiger partial charge in [0.25, 0.3) is 5.69 Å². The lowest BCUT2D eigenvalue weighted by molar-refractivity contribution is -0.387. The molecule has 118 valence electrons. The Hall–Kier alpha value is -1.51. The number of para-hydroxylation sites is 1. The van der Waals surface area contributed by atoms with E-state index in [1.165, 1.54) is 25.2 Å². The predicted molar refractivity (Wildman–Crippen MR) is 78.4 cm³/mol. The van der Waals surface area contributed by atoms with Crippen LogP contribution in [-0.4, -0.2) is 42.4 Å². The van der Waals surface area contributed by atoms with Crippen molar-refractivity contribution in [1.29, 1.82) is 0 Å². The Balaban J connectivity index is 3.31. The van der Waals surface area contributed by atoms with Crippen molar-refractivity contribution in [2.45, 2.75) is 31.2 Å². The number of benzene rings is 1. The van der Waals surface area contributed by atoms with Crippen LogP contribution in [0.5, 0.6) is 0 Å². The van der Waals surface area contributed by atoms with Crippen LogP contribution in [0, 0.1) is 16.0 Å². The van der Waals surface area contributed by atoms with Crippen molar-refractivity contribution in [3.63, 3.8) is 0 Å². The fraction of sp³-hybridized carbons (Fsp3) is 0.538. The summed E-state index contributed by atoms with van der Waals surface area (Å²) in [6.07, 6.45) is 0.683. The monoisotopic (exact) mass is 316 g/mol. The summed E-state index contributed by atoms with van der Waals surface area (Å²) in [6, 6.07) is 4.58. The van der Waals surface area contributed by atoms with Gasteiger partial charge in [0.2, 0.25) is 10.0 Å². The summed E-state index contributed by atoms with van der Waals surface area (Å²) in [5.74, 6) is -0.0717. The molecule has 0 bridgehead atoms. The van der Waals surface area contributed by atoms with Crippen molar-refractivity contribution in [1.82, 2.24) is 4.31 Å². The molecule has 0 spiro atoms. The van der Waals surface area contributed by atoms with E-state index in [0.717, 1.165) is 10.4 Å². The largest absolute Gasteiger partial charge is 0.395 e. The van der Waals surface area contributed by atoms with E-state index in [-0.39, 0.29) is 17.4 Å². The molecule has 7 nitrogen and oxygen atoms in total. The number of sulfonamides is 1. The van der Waals surface area contributed by atoms with E-state index in [0.29, 0.717) is 6.42 Å². The van der Waals surface area contributed by atoms with Crippen molar-refractivity contribution in [3.8, 4) is 0 Å². The number of nitrogens with zero attached hydrogens (tertiary/aromatic N) is 2. The Morgan fingerprint density at radius 3 is 2.43 bits per heavy atom. The second-order valence-electron chi connectivity index (χ2n) is 4.88. The first-order valence-corrected chi connectivity index (χ1v) is 8.03. The number of aliphatic hydroxyl groups excluding tert-OH is 1. The Bertz CT molecular complexity index is 602. The van der Waals surface area contributed by atoms with Crippen molar-refractivity contribution >= 4 is 15.7 Å². The summed E-state index contributed by atoms with van der Waals surface area (Å²) in [6.45, 7) is 3.37. The van der Waals surface area contributed by atoms with Crippen LogP contribution in [0.2, 0.25) is 0 Å². The Morgan fingerprint density at radius 2 is 1.95 bits per heavy atom. The second kappa shape index (κ2) is 6.97. The maximum Gasteiger partial charge on any atom is 0.289 e. The molecule has 0 saturated carbocycles. The molecule has 0 heterocycles. The Kier molecular flexibility index (Phi) is 5.82. The van der Waals surface area contributed by atoms with Crippen LogP contribution in [0.4, 0.5) is 5.69 Å². The fourth-order valence-corrected chi connectivity index (χ4v) is 3.68. The lowest BCUT2D eigenvalue weighted by atomic mass is 10.0. The molecule has 1 aromatic carbocycles. The van der Waals surface area contributed by atoms with E-state index in [1.54, 1.807) is 0 Å². The van der Waals surface area contributed by atoms with E-state index >= 15 is 0 Å².